The van der Waals surface area contributed by atoms with Gasteiger partial charge in [0, 0.05) is 0 Å². The van der Waals surface area contributed by atoms with Crippen molar-refractivity contribution >= 4 is 22.8 Å². The maximum atomic E-state index is 4.77. The first-order chi connectivity index (χ1) is 13.4. The van der Waals surface area contributed by atoms with Gasteiger partial charge in [0.15, 0.2) is 11.6 Å². The minimum Gasteiger partial charge on any atom is -0.249 e. The molecule has 0 aliphatic heterocycles. The third kappa shape index (κ3) is 4.19. The van der Waals surface area contributed by atoms with Gasteiger partial charge in [-0.3, -0.25) is 0 Å². The van der Waals surface area contributed by atoms with Crippen molar-refractivity contribution in [3.63, 3.8) is 0 Å². The Kier molecular flexibility index (Phi) is 5.73. The minimum atomic E-state index is 0.559. The fourth-order valence-electron chi connectivity index (χ4n) is 3.04. The van der Waals surface area contributed by atoms with Crippen LogP contribution in [0.2, 0.25) is 0 Å². The lowest BCUT2D eigenvalue weighted by molar-refractivity contribution is 1.000. The van der Waals surface area contributed by atoms with Gasteiger partial charge in [-0.15, -0.1) is 0 Å². The first kappa shape index (κ1) is 19.5. The molecule has 5 nitrogen and oxygen atoms in total. The van der Waals surface area contributed by atoms with Gasteiger partial charge in [0.1, 0.15) is 6.33 Å². The monoisotopic (exact) mass is 371 g/mol. The van der Waals surface area contributed by atoms with E-state index in [2.05, 4.69) is 66.9 Å². The molecule has 1 aromatic heterocycles. The zero-order valence-corrected chi connectivity index (χ0v) is 17.3. The van der Waals surface area contributed by atoms with E-state index in [4.69, 9.17) is 9.98 Å². The maximum Gasteiger partial charge on any atom is 0.177 e. The molecular formula is C23H25N5. The Labute approximate surface area is 166 Å². The minimum absolute atomic E-state index is 0.559. The summed E-state index contributed by atoms with van der Waals surface area (Å²) in [6, 6.07) is 12.3. The van der Waals surface area contributed by atoms with E-state index < -0.39 is 0 Å². The van der Waals surface area contributed by atoms with Crippen molar-refractivity contribution in [1.29, 1.82) is 0 Å². The van der Waals surface area contributed by atoms with Gasteiger partial charge in [-0.05, 0) is 63.8 Å². The van der Waals surface area contributed by atoms with Crippen molar-refractivity contribution in [1.82, 2.24) is 15.0 Å². The summed E-state index contributed by atoms with van der Waals surface area (Å²) in [5.41, 5.74) is 7.93. The van der Waals surface area contributed by atoms with Crippen LogP contribution in [-0.2, 0) is 0 Å². The van der Waals surface area contributed by atoms with Gasteiger partial charge in [0.25, 0.3) is 0 Å². The molecule has 0 bridgehead atoms. The summed E-state index contributed by atoms with van der Waals surface area (Å²) in [6.45, 7) is 12.1. The van der Waals surface area contributed by atoms with Crippen LogP contribution in [0.15, 0.2) is 52.7 Å². The normalized spacial score (nSPS) is 12.4. The molecule has 0 N–H and O–H groups in total. The highest BCUT2D eigenvalue weighted by atomic mass is 15.0. The molecule has 1 heterocycles. The molecule has 0 unspecified atom stereocenters. The van der Waals surface area contributed by atoms with Gasteiger partial charge >= 0.3 is 0 Å². The zero-order chi connectivity index (χ0) is 20.3. The molecule has 0 saturated heterocycles. The first-order valence-corrected chi connectivity index (χ1v) is 9.29. The number of aryl methyl sites for hydroxylation is 4. The number of rotatable bonds is 4. The van der Waals surface area contributed by atoms with E-state index in [-0.39, 0.29) is 0 Å². The lowest BCUT2D eigenvalue weighted by atomic mass is 10.1. The van der Waals surface area contributed by atoms with Crippen LogP contribution in [0, 0.1) is 27.7 Å². The summed E-state index contributed by atoms with van der Waals surface area (Å²) in [7, 11) is 0. The van der Waals surface area contributed by atoms with Crippen molar-refractivity contribution in [2.24, 2.45) is 9.98 Å². The average molecular weight is 371 g/mol. The predicted octanol–water partition coefficient (Wildman–Crippen LogP) is 5.39. The molecule has 28 heavy (non-hydrogen) atoms. The molecule has 2 aromatic carbocycles. The standard InChI is InChI=1S/C23H25N5/c1-14-9-7-10-15(2)20(14)26-18(5)22-24-13-25-23(28-22)19(6)27-21-16(3)11-8-12-17(21)4/h7-13H,1-6H3/b26-18+,27-19+. The summed E-state index contributed by atoms with van der Waals surface area (Å²) < 4.78 is 0. The number of nitrogens with zero attached hydrogens (tertiary/aromatic N) is 5. The Balaban J connectivity index is 1.98. The molecule has 0 fully saturated rings. The van der Waals surface area contributed by atoms with Gasteiger partial charge in [-0.2, -0.15) is 0 Å². The number of hydrogen-bond acceptors (Lipinski definition) is 5. The maximum absolute atomic E-state index is 4.77. The van der Waals surface area contributed by atoms with E-state index >= 15 is 0 Å². The van der Waals surface area contributed by atoms with Gasteiger partial charge in [-0.1, -0.05) is 36.4 Å². The molecule has 0 radical (unpaired) electrons. The molecule has 0 spiro atoms. The van der Waals surface area contributed by atoms with Crippen molar-refractivity contribution < 1.29 is 0 Å². The first-order valence-electron chi connectivity index (χ1n) is 9.29. The van der Waals surface area contributed by atoms with Crippen molar-refractivity contribution in [3.8, 4) is 0 Å². The molecule has 0 amide bonds. The molecule has 3 aromatic rings. The smallest absolute Gasteiger partial charge is 0.177 e. The SMILES string of the molecule is C/C(=N\c1c(C)cccc1C)c1ncnc(/C(C)=N/c2c(C)cccc2C)n1. The summed E-state index contributed by atoms with van der Waals surface area (Å²) in [6.07, 6.45) is 1.52. The van der Waals surface area contributed by atoms with Crippen LogP contribution < -0.4 is 0 Å². The summed E-state index contributed by atoms with van der Waals surface area (Å²) >= 11 is 0. The Morgan fingerprint density at radius 2 is 1.00 bits per heavy atom. The van der Waals surface area contributed by atoms with Crippen molar-refractivity contribution in [2.75, 3.05) is 0 Å². The molecule has 0 aliphatic rings. The van der Waals surface area contributed by atoms with E-state index in [0.717, 1.165) is 45.1 Å². The van der Waals surface area contributed by atoms with Crippen LogP contribution >= 0.6 is 0 Å². The predicted molar refractivity (Wildman–Crippen MR) is 115 cm³/mol. The Morgan fingerprint density at radius 1 is 0.643 bits per heavy atom. The highest BCUT2D eigenvalue weighted by Gasteiger charge is 2.10. The summed E-state index contributed by atoms with van der Waals surface area (Å²) in [5, 5.41) is 0. The fraction of sp³-hybridized carbons (Fsp3) is 0.261. The van der Waals surface area contributed by atoms with Crippen LogP contribution in [0.5, 0.6) is 0 Å². The second-order valence-corrected chi connectivity index (χ2v) is 7.01. The summed E-state index contributed by atoms with van der Waals surface area (Å²) in [5.74, 6) is 1.12. The largest absolute Gasteiger partial charge is 0.249 e. The number of aliphatic imine (C=N–C) groups is 2. The van der Waals surface area contributed by atoms with E-state index in [1.165, 1.54) is 6.33 Å². The number of benzene rings is 2. The quantitative estimate of drug-likeness (QED) is 0.578. The molecule has 3 rings (SSSR count). The van der Waals surface area contributed by atoms with Crippen LogP contribution in [0.25, 0.3) is 0 Å². The highest BCUT2D eigenvalue weighted by Crippen LogP contribution is 2.25. The van der Waals surface area contributed by atoms with Crippen molar-refractivity contribution in [2.45, 2.75) is 41.5 Å². The lowest BCUT2D eigenvalue weighted by Gasteiger charge is -2.08. The van der Waals surface area contributed by atoms with Gasteiger partial charge in [0.05, 0.1) is 22.8 Å². The molecule has 0 saturated carbocycles. The third-order valence-electron chi connectivity index (χ3n) is 4.66. The molecule has 0 atom stereocenters. The second-order valence-electron chi connectivity index (χ2n) is 7.01. The highest BCUT2D eigenvalue weighted by molar-refractivity contribution is 6.00. The third-order valence-corrected chi connectivity index (χ3v) is 4.66. The fourth-order valence-corrected chi connectivity index (χ4v) is 3.04. The Morgan fingerprint density at radius 3 is 1.36 bits per heavy atom. The number of aromatic nitrogens is 3. The van der Waals surface area contributed by atoms with Gasteiger partial charge in [-0.25, -0.2) is 24.9 Å². The summed E-state index contributed by atoms with van der Waals surface area (Å²) in [4.78, 5) is 22.8. The van der Waals surface area contributed by atoms with Gasteiger partial charge < -0.3 is 0 Å². The van der Waals surface area contributed by atoms with Crippen molar-refractivity contribution in [3.05, 3.63) is 76.6 Å². The van der Waals surface area contributed by atoms with E-state index in [9.17, 15) is 0 Å². The number of hydrogen-bond donors (Lipinski definition) is 0. The topological polar surface area (TPSA) is 63.4 Å². The van der Waals surface area contributed by atoms with Crippen LogP contribution in [-0.4, -0.2) is 26.4 Å². The molecule has 0 aliphatic carbocycles. The van der Waals surface area contributed by atoms with Crippen LogP contribution in [0.1, 0.15) is 47.8 Å². The van der Waals surface area contributed by atoms with E-state index in [1.54, 1.807) is 0 Å². The van der Waals surface area contributed by atoms with E-state index in [1.807, 2.05) is 26.0 Å². The lowest BCUT2D eigenvalue weighted by Crippen LogP contribution is -2.10. The second kappa shape index (κ2) is 8.21. The molecule has 142 valence electrons. The zero-order valence-electron chi connectivity index (χ0n) is 17.3. The Bertz CT molecular complexity index is 957. The Hall–Kier alpha value is -3.21. The average Bonchev–Trinajstić information content (AvgIpc) is 2.67. The molecular weight excluding hydrogens is 346 g/mol. The van der Waals surface area contributed by atoms with E-state index in [0.29, 0.717) is 11.6 Å². The van der Waals surface area contributed by atoms with Crippen LogP contribution in [0.3, 0.4) is 0 Å². The molecule has 5 heteroatoms. The number of para-hydroxylation sites is 2. The van der Waals surface area contributed by atoms with Crippen LogP contribution in [0.4, 0.5) is 11.4 Å². The van der Waals surface area contributed by atoms with Gasteiger partial charge in [0.2, 0.25) is 0 Å².